The molecule has 0 fully saturated rings. The van der Waals surface area contributed by atoms with Gasteiger partial charge in [0.2, 0.25) is 5.39 Å². The number of rotatable bonds is 1. The summed E-state index contributed by atoms with van der Waals surface area (Å²) < 4.78 is 39.0. The van der Waals surface area contributed by atoms with Crippen molar-refractivity contribution in [3.8, 4) is 11.1 Å². The van der Waals surface area contributed by atoms with E-state index in [0.29, 0.717) is 11.4 Å². The van der Waals surface area contributed by atoms with Crippen LogP contribution in [0.3, 0.4) is 0 Å². The van der Waals surface area contributed by atoms with Gasteiger partial charge < -0.3 is 23.0 Å². The zero-order valence-electron chi connectivity index (χ0n) is 10.2. The van der Waals surface area contributed by atoms with E-state index in [9.17, 15) is 17.3 Å². The van der Waals surface area contributed by atoms with E-state index in [1.165, 1.54) is 0 Å². The molecule has 0 heterocycles. The molecule has 0 aromatic heterocycles. The highest BCUT2D eigenvalue weighted by molar-refractivity contribution is 6.50. The lowest BCUT2D eigenvalue weighted by Crippen LogP contribution is -2.02. The minimum atomic E-state index is -6.00. The van der Waals surface area contributed by atoms with E-state index >= 15 is 0 Å². The van der Waals surface area contributed by atoms with Gasteiger partial charge >= 0.3 is 12.9 Å². The van der Waals surface area contributed by atoms with Crippen LogP contribution in [-0.4, -0.2) is 7.25 Å². The summed E-state index contributed by atoms with van der Waals surface area (Å²) in [5, 5.41) is 8.85. The van der Waals surface area contributed by atoms with Crippen molar-refractivity contribution in [1.29, 1.82) is 5.39 Å². The molecule has 2 N–H and O–H groups in total. The van der Waals surface area contributed by atoms with Crippen LogP contribution in [0.2, 0.25) is 0 Å². The molecular formula is C12H10BF4N3. The fourth-order valence-corrected chi connectivity index (χ4v) is 1.53. The lowest BCUT2D eigenvalue weighted by Gasteiger charge is -2.02. The van der Waals surface area contributed by atoms with Gasteiger partial charge in [-0.15, -0.1) is 0 Å². The molecule has 104 valence electrons. The molecule has 0 atom stereocenters. The van der Waals surface area contributed by atoms with Crippen LogP contribution in [0.15, 0.2) is 48.5 Å². The Morgan fingerprint density at radius 2 is 1.30 bits per heavy atom. The van der Waals surface area contributed by atoms with Crippen LogP contribution < -0.4 is 5.73 Å². The molecule has 0 unspecified atom stereocenters. The van der Waals surface area contributed by atoms with Crippen LogP contribution in [0.4, 0.5) is 28.6 Å². The summed E-state index contributed by atoms with van der Waals surface area (Å²) in [5.74, 6) is 0. The fraction of sp³-hybridized carbons (Fsp3) is 0. The molecule has 0 spiro atoms. The molecule has 2 aromatic rings. The standard InChI is InChI=1S/C12H10N3.BF4/c13-11-7-3-1-5-9(11)10-6-2-4-8-12(10)15-14;2-1(3,4)5/h1-8H,13H2;/q+1;-1. The maximum Gasteiger partial charge on any atom is 0.673 e. The van der Waals surface area contributed by atoms with Crippen molar-refractivity contribution in [2.45, 2.75) is 0 Å². The fourth-order valence-electron chi connectivity index (χ4n) is 1.53. The van der Waals surface area contributed by atoms with Crippen LogP contribution in [0.1, 0.15) is 0 Å². The molecule has 8 heteroatoms. The van der Waals surface area contributed by atoms with Crippen molar-refractivity contribution in [2.24, 2.45) is 0 Å². The van der Waals surface area contributed by atoms with Gasteiger partial charge in [0, 0.05) is 17.3 Å². The van der Waals surface area contributed by atoms with Crippen molar-refractivity contribution < 1.29 is 17.3 Å². The maximum absolute atomic E-state index is 9.75. The zero-order valence-corrected chi connectivity index (χ0v) is 10.2. The number of nitrogens with zero attached hydrogens (tertiary/aromatic N) is 2. The van der Waals surface area contributed by atoms with Crippen LogP contribution in [0.25, 0.3) is 16.1 Å². The van der Waals surface area contributed by atoms with Crippen LogP contribution in [-0.2, 0) is 0 Å². The molecular weight excluding hydrogens is 273 g/mol. The Morgan fingerprint density at radius 1 is 0.850 bits per heavy atom. The monoisotopic (exact) mass is 283 g/mol. The van der Waals surface area contributed by atoms with Gasteiger partial charge in [0.15, 0.2) is 4.98 Å². The molecule has 0 bridgehead atoms. The first-order valence-corrected chi connectivity index (χ1v) is 5.49. The normalized spacial score (nSPS) is 10.2. The highest BCUT2D eigenvalue weighted by Crippen LogP contribution is 2.33. The average Bonchev–Trinajstić information content (AvgIpc) is 2.37. The van der Waals surface area contributed by atoms with E-state index in [0.717, 1.165) is 11.1 Å². The van der Waals surface area contributed by atoms with Gasteiger partial charge in [0.25, 0.3) is 0 Å². The number of anilines is 1. The van der Waals surface area contributed by atoms with Crippen molar-refractivity contribution >= 4 is 18.6 Å². The molecule has 0 aliphatic rings. The molecule has 0 radical (unpaired) electrons. The van der Waals surface area contributed by atoms with Crippen LogP contribution in [0, 0.1) is 5.39 Å². The van der Waals surface area contributed by atoms with Gasteiger partial charge in [-0.3, -0.25) is 0 Å². The predicted molar refractivity (Wildman–Crippen MR) is 71.2 cm³/mol. The molecule has 2 aromatic carbocycles. The molecule has 3 nitrogen and oxygen atoms in total. The zero-order chi connectivity index (χ0) is 15.2. The van der Waals surface area contributed by atoms with Gasteiger partial charge in [0.05, 0.1) is 5.56 Å². The van der Waals surface area contributed by atoms with E-state index in [1.807, 2.05) is 42.5 Å². The largest absolute Gasteiger partial charge is 0.673 e. The van der Waals surface area contributed by atoms with Gasteiger partial charge in [-0.25, -0.2) is 0 Å². The minimum absolute atomic E-state index is 0.524. The molecule has 0 saturated heterocycles. The van der Waals surface area contributed by atoms with Crippen molar-refractivity contribution in [3.63, 3.8) is 0 Å². The second kappa shape index (κ2) is 6.56. The van der Waals surface area contributed by atoms with E-state index < -0.39 is 7.25 Å². The van der Waals surface area contributed by atoms with Crippen LogP contribution >= 0.6 is 0 Å². The number of hydrogen-bond donors (Lipinski definition) is 1. The first-order chi connectivity index (χ1) is 9.33. The summed E-state index contributed by atoms with van der Waals surface area (Å²) in [4.78, 5) is 3.23. The molecule has 20 heavy (non-hydrogen) atoms. The molecule has 0 amide bonds. The number of para-hydroxylation sites is 1. The van der Waals surface area contributed by atoms with Crippen molar-refractivity contribution in [2.75, 3.05) is 5.73 Å². The lowest BCUT2D eigenvalue weighted by atomic mass is 10.0. The summed E-state index contributed by atoms with van der Waals surface area (Å²) in [6, 6.07) is 14.8. The van der Waals surface area contributed by atoms with Crippen molar-refractivity contribution in [3.05, 3.63) is 53.5 Å². The van der Waals surface area contributed by atoms with Crippen molar-refractivity contribution in [1.82, 2.24) is 0 Å². The van der Waals surface area contributed by atoms with Gasteiger partial charge in [0.1, 0.15) is 0 Å². The number of nitrogen functional groups attached to an aromatic ring is 1. The first-order valence-electron chi connectivity index (χ1n) is 5.49. The second-order valence-electron chi connectivity index (χ2n) is 3.70. The smallest absolute Gasteiger partial charge is 0.418 e. The summed E-state index contributed by atoms with van der Waals surface area (Å²) in [7, 11) is -6.00. The molecule has 0 saturated carbocycles. The third-order valence-corrected chi connectivity index (χ3v) is 2.26. The number of hydrogen-bond acceptors (Lipinski definition) is 2. The average molecular weight is 283 g/mol. The highest BCUT2D eigenvalue weighted by Gasteiger charge is 2.20. The van der Waals surface area contributed by atoms with Gasteiger partial charge in [-0.05, 0) is 12.1 Å². The topological polar surface area (TPSA) is 54.2 Å². The SMILES string of the molecule is F[B-](F)(F)F.N#[N+]c1ccccc1-c1ccccc1N. The number of benzene rings is 2. The Morgan fingerprint density at radius 3 is 1.80 bits per heavy atom. The quantitative estimate of drug-likeness (QED) is 0.356. The van der Waals surface area contributed by atoms with E-state index in [2.05, 4.69) is 4.98 Å². The van der Waals surface area contributed by atoms with Crippen LogP contribution in [0.5, 0.6) is 0 Å². The summed E-state index contributed by atoms with van der Waals surface area (Å²) in [6.07, 6.45) is 0. The Labute approximate surface area is 112 Å². The van der Waals surface area contributed by atoms with Gasteiger partial charge in [-0.2, -0.15) is 0 Å². The lowest BCUT2D eigenvalue weighted by molar-refractivity contribution is 0.368. The maximum atomic E-state index is 9.75. The Kier molecular flexibility index (Phi) is 5.09. The summed E-state index contributed by atoms with van der Waals surface area (Å²) in [6.45, 7) is 0. The van der Waals surface area contributed by atoms with Gasteiger partial charge in [-0.1, -0.05) is 30.3 Å². The minimum Gasteiger partial charge on any atom is -0.418 e. The van der Waals surface area contributed by atoms with E-state index in [-0.39, 0.29) is 0 Å². The number of halogens is 4. The van der Waals surface area contributed by atoms with E-state index in [4.69, 9.17) is 11.1 Å². The van der Waals surface area contributed by atoms with E-state index in [1.54, 1.807) is 6.07 Å². The second-order valence-corrected chi connectivity index (χ2v) is 3.70. The number of nitrogens with two attached hydrogens (primary N) is 1. The predicted octanol–water partition coefficient (Wildman–Crippen LogP) is 4.72. The summed E-state index contributed by atoms with van der Waals surface area (Å²) >= 11 is 0. The molecule has 0 aliphatic carbocycles. The Bertz CT molecular complexity index is 617. The third kappa shape index (κ3) is 4.98. The first kappa shape index (κ1) is 15.5. The summed E-state index contributed by atoms with van der Waals surface area (Å²) in [5.41, 5.74) is 8.76. The third-order valence-electron chi connectivity index (χ3n) is 2.26. The number of diazo groups is 1. The Hall–Kier alpha value is -2.56. The molecule has 0 aliphatic heterocycles. The highest BCUT2D eigenvalue weighted by atomic mass is 19.5. The molecule has 2 rings (SSSR count). The Balaban J connectivity index is 0.000000347.